The first kappa shape index (κ1) is 31.5. The molecule has 3 aromatic rings. The zero-order valence-electron chi connectivity index (χ0n) is 23.2. The quantitative estimate of drug-likeness (QED) is 0.269. The van der Waals surface area contributed by atoms with Crippen LogP contribution in [0.5, 0.6) is 0 Å². The summed E-state index contributed by atoms with van der Waals surface area (Å²) in [6.45, 7) is 7.42. The number of halogens is 2. The lowest BCUT2D eigenvalue weighted by atomic mass is 10.1. The Hall–Kier alpha value is -3.07. The topological polar surface area (TPSA) is 86.8 Å². The second kappa shape index (κ2) is 14.0. The van der Waals surface area contributed by atoms with Crippen LogP contribution < -0.4 is 9.62 Å². The fourth-order valence-electron chi connectivity index (χ4n) is 4.34. The van der Waals surface area contributed by atoms with Crippen LogP contribution in [0.3, 0.4) is 0 Å². The molecule has 0 bridgehead atoms. The molecule has 3 rings (SSSR count). The predicted octanol–water partition coefficient (Wildman–Crippen LogP) is 6.14. The summed E-state index contributed by atoms with van der Waals surface area (Å²) >= 11 is 12.3. The van der Waals surface area contributed by atoms with Gasteiger partial charge in [-0.2, -0.15) is 0 Å². The Morgan fingerprint density at radius 3 is 2.25 bits per heavy atom. The first-order valence-electron chi connectivity index (χ1n) is 13.2. The highest BCUT2D eigenvalue weighted by Crippen LogP contribution is 2.29. The molecular weight excluding hydrogens is 569 g/mol. The highest BCUT2D eigenvalue weighted by atomic mass is 35.5. The number of carbonyl (C=O) groups excluding carboxylic acids is 2. The third-order valence-electron chi connectivity index (χ3n) is 6.52. The van der Waals surface area contributed by atoms with Crippen LogP contribution in [0, 0.1) is 13.8 Å². The molecule has 0 aliphatic rings. The van der Waals surface area contributed by atoms with Crippen molar-refractivity contribution in [2.45, 2.75) is 58.0 Å². The largest absolute Gasteiger partial charge is 0.354 e. The van der Waals surface area contributed by atoms with Crippen molar-refractivity contribution in [1.29, 1.82) is 0 Å². The number of rotatable bonds is 12. The number of nitrogens with zero attached hydrogens (tertiary/aromatic N) is 2. The van der Waals surface area contributed by atoms with E-state index in [2.05, 4.69) is 5.32 Å². The molecule has 0 saturated carbocycles. The normalized spacial score (nSPS) is 12.1. The fraction of sp³-hybridized carbons (Fsp3) is 0.333. The summed E-state index contributed by atoms with van der Waals surface area (Å²) < 4.78 is 29.0. The van der Waals surface area contributed by atoms with Gasteiger partial charge in [-0.15, -0.1) is 0 Å². The number of sulfonamides is 1. The molecule has 214 valence electrons. The van der Waals surface area contributed by atoms with Crippen molar-refractivity contribution in [3.05, 3.63) is 93.5 Å². The van der Waals surface area contributed by atoms with Gasteiger partial charge < -0.3 is 10.2 Å². The van der Waals surface area contributed by atoms with Crippen LogP contribution in [-0.4, -0.2) is 44.3 Å². The van der Waals surface area contributed by atoms with Crippen molar-refractivity contribution >= 4 is 50.7 Å². The van der Waals surface area contributed by atoms with Crippen molar-refractivity contribution in [2.24, 2.45) is 0 Å². The maximum atomic E-state index is 14.1. The second-order valence-electron chi connectivity index (χ2n) is 9.60. The molecule has 0 heterocycles. The average Bonchev–Trinajstić information content (AvgIpc) is 2.94. The predicted molar refractivity (Wildman–Crippen MR) is 161 cm³/mol. The van der Waals surface area contributed by atoms with Gasteiger partial charge in [-0.25, -0.2) is 8.42 Å². The third-order valence-corrected chi connectivity index (χ3v) is 9.03. The molecule has 3 aromatic carbocycles. The van der Waals surface area contributed by atoms with E-state index in [1.54, 1.807) is 49.4 Å². The Morgan fingerprint density at radius 2 is 1.62 bits per heavy atom. The lowest BCUT2D eigenvalue weighted by Gasteiger charge is -2.33. The highest BCUT2D eigenvalue weighted by Gasteiger charge is 2.34. The van der Waals surface area contributed by atoms with E-state index in [0.717, 1.165) is 16.3 Å². The van der Waals surface area contributed by atoms with Crippen LogP contribution in [0.25, 0.3) is 0 Å². The highest BCUT2D eigenvalue weighted by molar-refractivity contribution is 7.92. The van der Waals surface area contributed by atoms with E-state index in [0.29, 0.717) is 39.8 Å². The number of benzene rings is 3. The van der Waals surface area contributed by atoms with Gasteiger partial charge in [0.2, 0.25) is 11.8 Å². The number of hydrogen-bond donors (Lipinski definition) is 1. The summed E-state index contributed by atoms with van der Waals surface area (Å²) in [6.07, 6.45) is 1.07. The zero-order valence-corrected chi connectivity index (χ0v) is 25.5. The molecule has 0 saturated heterocycles. The molecule has 0 spiro atoms. The first-order chi connectivity index (χ1) is 19.0. The summed E-state index contributed by atoms with van der Waals surface area (Å²) in [4.78, 5) is 28.8. The minimum Gasteiger partial charge on any atom is -0.354 e. The Morgan fingerprint density at radius 1 is 0.925 bits per heavy atom. The number of anilines is 1. The van der Waals surface area contributed by atoms with Crippen LogP contribution in [0.4, 0.5) is 5.69 Å². The molecule has 0 aromatic heterocycles. The van der Waals surface area contributed by atoms with E-state index in [1.165, 1.54) is 17.0 Å². The molecule has 7 nitrogen and oxygen atoms in total. The van der Waals surface area contributed by atoms with E-state index >= 15 is 0 Å². The maximum absolute atomic E-state index is 14.1. The summed E-state index contributed by atoms with van der Waals surface area (Å²) in [5.41, 5.74) is 2.60. The summed E-state index contributed by atoms with van der Waals surface area (Å²) in [6, 6.07) is 17.6. The molecule has 0 radical (unpaired) electrons. The maximum Gasteiger partial charge on any atom is 0.264 e. The molecule has 10 heteroatoms. The van der Waals surface area contributed by atoms with Gasteiger partial charge in [-0.1, -0.05) is 73.4 Å². The molecular formula is C30H35Cl2N3O4S. The minimum atomic E-state index is -4.13. The molecule has 1 N–H and O–H groups in total. The summed E-state index contributed by atoms with van der Waals surface area (Å²) in [7, 11) is -4.13. The summed E-state index contributed by atoms with van der Waals surface area (Å²) in [5, 5.41) is 3.56. The van der Waals surface area contributed by atoms with E-state index in [1.807, 2.05) is 32.9 Å². The SMILES string of the molecule is CCCNC(=O)[C@@H](CC)N(Cc1ccc(Cl)c(Cl)c1)C(=O)CN(c1cc(C)ccc1C)S(=O)(=O)c1ccccc1. The monoisotopic (exact) mass is 603 g/mol. The fourth-order valence-corrected chi connectivity index (χ4v) is 6.15. The number of amides is 2. The number of aryl methyl sites for hydroxylation is 2. The van der Waals surface area contributed by atoms with Crippen LogP contribution in [-0.2, 0) is 26.2 Å². The summed E-state index contributed by atoms with van der Waals surface area (Å²) in [5.74, 6) is -0.827. The molecule has 0 aliphatic carbocycles. The molecule has 0 fully saturated rings. The molecule has 2 amide bonds. The number of nitrogens with one attached hydrogen (secondary N) is 1. The average molecular weight is 605 g/mol. The second-order valence-corrected chi connectivity index (χ2v) is 12.3. The molecule has 1 atom stereocenters. The van der Waals surface area contributed by atoms with Gasteiger partial charge in [0, 0.05) is 13.1 Å². The van der Waals surface area contributed by atoms with E-state index in [-0.39, 0.29) is 17.3 Å². The number of hydrogen-bond acceptors (Lipinski definition) is 4. The van der Waals surface area contributed by atoms with Gasteiger partial charge in [0.15, 0.2) is 0 Å². The Balaban J connectivity index is 2.09. The van der Waals surface area contributed by atoms with Crippen LogP contribution in [0.15, 0.2) is 71.6 Å². The van der Waals surface area contributed by atoms with Crippen LogP contribution in [0.2, 0.25) is 10.0 Å². The van der Waals surface area contributed by atoms with Crippen molar-refractivity contribution in [3.8, 4) is 0 Å². The van der Waals surface area contributed by atoms with Crippen LogP contribution >= 0.6 is 23.2 Å². The number of carbonyl (C=O) groups is 2. The van der Waals surface area contributed by atoms with Gasteiger partial charge >= 0.3 is 0 Å². The van der Waals surface area contributed by atoms with Crippen molar-refractivity contribution in [3.63, 3.8) is 0 Å². The molecule has 0 aliphatic heterocycles. The lowest BCUT2D eigenvalue weighted by Crippen LogP contribution is -2.52. The van der Waals surface area contributed by atoms with Crippen molar-refractivity contribution in [2.75, 3.05) is 17.4 Å². The first-order valence-corrected chi connectivity index (χ1v) is 15.3. The van der Waals surface area contributed by atoms with Gasteiger partial charge in [0.1, 0.15) is 12.6 Å². The van der Waals surface area contributed by atoms with Gasteiger partial charge in [0.05, 0.1) is 20.6 Å². The van der Waals surface area contributed by atoms with Crippen molar-refractivity contribution in [1.82, 2.24) is 10.2 Å². The smallest absolute Gasteiger partial charge is 0.264 e. The van der Waals surface area contributed by atoms with Gasteiger partial charge in [-0.05, 0) is 73.7 Å². The van der Waals surface area contributed by atoms with E-state index in [4.69, 9.17) is 23.2 Å². The Bertz CT molecular complexity index is 1450. The minimum absolute atomic E-state index is 0.0415. The lowest BCUT2D eigenvalue weighted by molar-refractivity contribution is -0.140. The van der Waals surface area contributed by atoms with Crippen molar-refractivity contribution < 1.29 is 18.0 Å². The van der Waals surface area contributed by atoms with Gasteiger partial charge in [-0.3, -0.25) is 13.9 Å². The van der Waals surface area contributed by atoms with Crippen LogP contribution in [0.1, 0.15) is 43.4 Å². The third kappa shape index (κ3) is 7.56. The zero-order chi connectivity index (χ0) is 29.4. The molecule has 0 unspecified atom stereocenters. The molecule has 40 heavy (non-hydrogen) atoms. The van der Waals surface area contributed by atoms with E-state index in [9.17, 15) is 18.0 Å². The standard InChI is InChI=1S/C30H35Cl2N3O4S/c1-5-16-33-30(37)27(6-2)34(19-23-14-15-25(31)26(32)18-23)29(36)20-35(28-17-21(3)12-13-22(28)4)40(38,39)24-10-8-7-9-11-24/h7-15,17-18,27H,5-6,16,19-20H2,1-4H3,(H,33,37)/t27-/m1/s1. The Labute approximate surface area is 247 Å². The van der Waals surface area contributed by atoms with E-state index < -0.39 is 28.5 Å². The Kier molecular flexibility index (Phi) is 11.0. The van der Waals surface area contributed by atoms with Gasteiger partial charge in [0.25, 0.3) is 10.0 Å².